The van der Waals surface area contributed by atoms with Crippen molar-refractivity contribution in [2.24, 2.45) is 0 Å². The van der Waals surface area contributed by atoms with E-state index in [2.05, 4.69) is 10.1 Å². The Bertz CT molecular complexity index is 820. The van der Waals surface area contributed by atoms with Crippen LogP contribution in [-0.4, -0.2) is 42.7 Å². The third kappa shape index (κ3) is 7.42. The summed E-state index contributed by atoms with van der Waals surface area (Å²) < 4.78 is 9.11. The van der Waals surface area contributed by atoms with Gasteiger partial charge < -0.3 is 19.9 Å². The molecule has 9 heteroatoms. The number of aromatic carboxylic acids is 1. The number of carboxylic acids is 1. The molecule has 0 saturated carbocycles. The van der Waals surface area contributed by atoms with Crippen LogP contribution >= 0.6 is 0 Å². The van der Waals surface area contributed by atoms with Crippen molar-refractivity contribution in [2.45, 2.75) is 13.3 Å². The number of benzene rings is 2. The Morgan fingerprint density at radius 1 is 1.14 bits per heavy atom. The number of nitrogens with one attached hydrogen (secondary N) is 1. The molecule has 0 aliphatic rings. The van der Waals surface area contributed by atoms with Gasteiger partial charge in [-0.2, -0.15) is 0 Å². The maximum atomic E-state index is 11.3. The van der Waals surface area contributed by atoms with Crippen LogP contribution in [0.15, 0.2) is 42.5 Å². The number of carbonyl (C=O) groups excluding carboxylic acids is 1. The number of anilines is 1. The Hall–Kier alpha value is -3.46. The highest BCUT2D eigenvalue weighted by molar-refractivity contribution is 5.93. The van der Waals surface area contributed by atoms with Crippen molar-refractivity contribution in [3.8, 4) is 5.75 Å². The highest BCUT2D eigenvalue weighted by atomic mass is 16.6. The first-order valence-electron chi connectivity index (χ1n) is 8.21. The van der Waals surface area contributed by atoms with E-state index in [1.54, 1.807) is 32.4 Å². The molecule has 0 radical (unpaired) electrons. The Labute approximate surface area is 162 Å². The van der Waals surface area contributed by atoms with Crippen LogP contribution in [0.1, 0.15) is 22.8 Å². The first-order chi connectivity index (χ1) is 13.3. The quantitative estimate of drug-likeness (QED) is 0.319. The number of non-ortho nitro benzene ring substituents is 1. The van der Waals surface area contributed by atoms with Gasteiger partial charge in [0, 0.05) is 45.5 Å². The van der Waals surface area contributed by atoms with Crippen molar-refractivity contribution in [3.63, 3.8) is 0 Å². The minimum Gasteiger partial charge on any atom is -0.478 e. The number of nitrogens with zero attached hydrogens (tertiary/aromatic N) is 1. The van der Waals surface area contributed by atoms with Gasteiger partial charge in [-0.25, -0.2) is 4.79 Å². The SMILES string of the molecule is CC(=O)Oc1ccc(NCCc2ccc([N+](=O)[O-])cc2)cc1C(=O)O.COC. The molecule has 9 nitrogen and oxygen atoms in total. The van der Waals surface area contributed by atoms with Gasteiger partial charge in [0.1, 0.15) is 11.3 Å². The maximum Gasteiger partial charge on any atom is 0.339 e. The molecule has 28 heavy (non-hydrogen) atoms. The predicted octanol–water partition coefficient (Wildman–Crippen LogP) is 3.14. The molecule has 0 spiro atoms. The topological polar surface area (TPSA) is 128 Å². The van der Waals surface area contributed by atoms with Gasteiger partial charge >= 0.3 is 11.9 Å². The summed E-state index contributed by atoms with van der Waals surface area (Å²) in [6.07, 6.45) is 0.603. The maximum absolute atomic E-state index is 11.3. The lowest BCUT2D eigenvalue weighted by molar-refractivity contribution is -0.384. The lowest BCUT2D eigenvalue weighted by Gasteiger charge is -2.10. The average molecular weight is 390 g/mol. The van der Waals surface area contributed by atoms with Crippen LogP contribution in [0.2, 0.25) is 0 Å². The molecule has 150 valence electrons. The lowest BCUT2D eigenvalue weighted by atomic mass is 10.1. The van der Waals surface area contributed by atoms with Crippen molar-refractivity contribution in [3.05, 3.63) is 63.7 Å². The van der Waals surface area contributed by atoms with Crippen LogP contribution in [0.3, 0.4) is 0 Å². The van der Waals surface area contributed by atoms with E-state index in [9.17, 15) is 24.8 Å². The average Bonchev–Trinajstić information content (AvgIpc) is 2.63. The second kappa shape index (κ2) is 11.3. The molecule has 2 rings (SSSR count). The Morgan fingerprint density at radius 3 is 2.25 bits per heavy atom. The summed E-state index contributed by atoms with van der Waals surface area (Å²) >= 11 is 0. The van der Waals surface area contributed by atoms with E-state index in [4.69, 9.17) is 4.74 Å². The number of rotatable bonds is 7. The molecule has 2 aromatic rings. The van der Waals surface area contributed by atoms with E-state index >= 15 is 0 Å². The summed E-state index contributed by atoms with van der Waals surface area (Å²) in [5, 5.41) is 22.9. The normalized spacial score (nSPS) is 9.68. The van der Waals surface area contributed by atoms with Gasteiger partial charge in [-0.3, -0.25) is 14.9 Å². The monoisotopic (exact) mass is 390 g/mol. The zero-order valence-electron chi connectivity index (χ0n) is 15.8. The summed E-state index contributed by atoms with van der Waals surface area (Å²) in [6.45, 7) is 1.70. The second-order valence-corrected chi connectivity index (χ2v) is 5.62. The van der Waals surface area contributed by atoms with Crippen molar-refractivity contribution in [2.75, 3.05) is 26.1 Å². The van der Waals surface area contributed by atoms with E-state index in [0.717, 1.165) is 5.56 Å². The van der Waals surface area contributed by atoms with E-state index in [-0.39, 0.29) is 17.0 Å². The van der Waals surface area contributed by atoms with E-state index in [0.29, 0.717) is 18.7 Å². The van der Waals surface area contributed by atoms with Gasteiger partial charge in [-0.1, -0.05) is 12.1 Å². The first kappa shape index (κ1) is 22.6. The van der Waals surface area contributed by atoms with Crippen LogP contribution < -0.4 is 10.1 Å². The molecule has 2 N–H and O–H groups in total. The Kier molecular flexibility index (Phi) is 9.11. The summed E-state index contributed by atoms with van der Waals surface area (Å²) in [5.74, 6) is -1.81. The van der Waals surface area contributed by atoms with Crippen molar-refractivity contribution >= 4 is 23.3 Å². The molecule has 0 aliphatic heterocycles. The molecular weight excluding hydrogens is 368 g/mol. The molecule has 2 aromatic carbocycles. The van der Waals surface area contributed by atoms with Gasteiger partial charge in [-0.15, -0.1) is 0 Å². The zero-order valence-corrected chi connectivity index (χ0v) is 15.8. The Balaban J connectivity index is 0.00000122. The van der Waals surface area contributed by atoms with Crippen LogP contribution in [0.5, 0.6) is 5.75 Å². The minimum absolute atomic E-state index is 0.0130. The zero-order chi connectivity index (χ0) is 21.1. The van der Waals surface area contributed by atoms with Crippen LogP contribution in [-0.2, 0) is 16.0 Å². The first-order valence-corrected chi connectivity index (χ1v) is 8.21. The molecule has 0 atom stereocenters. The van der Waals surface area contributed by atoms with E-state index in [1.165, 1.54) is 31.2 Å². The Morgan fingerprint density at radius 2 is 1.75 bits per heavy atom. The number of nitro groups is 1. The fraction of sp³-hybridized carbons (Fsp3) is 0.263. The van der Waals surface area contributed by atoms with Gasteiger partial charge in [-0.05, 0) is 30.2 Å². The summed E-state index contributed by atoms with van der Waals surface area (Å²) in [4.78, 5) is 32.4. The number of esters is 1. The number of carbonyl (C=O) groups is 2. The molecule has 0 amide bonds. The number of methoxy groups -OCH3 is 1. The number of nitro benzene ring substituents is 1. The summed E-state index contributed by atoms with van der Waals surface area (Å²) in [7, 11) is 3.25. The number of ether oxygens (including phenoxy) is 2. The fourth-order valence-electron chi connectivity index (χ4n) is 2.19. The smallest absolute Gasteiger partial charge is 0.339 e. The third-order valence-corrected chi connectivity index (χ3v) is 3.35. The van der Waals surface area contributed by atoms with Crippen LogP contribution in [0.25, 0.3) is 0 Å². The van der Waals surface area contributed by atoms with E-state index in [1.807, 2.05) is 0 Å². The van der Waals surface area contributed by atoms with Crippen LogP contribution in [0, 0.1) is 10.1 Å². The predicted molar refractivity (Wildman–Crippen MR) is 103 cm³/mol. The van der Waals surface area contributed by atoms with Gasteiger partial charge in [0.15, 0.2) is 0 Å². The molecular formula is C19H22N2O7. The van der Waals surface area contributed by atoms with Crippen molar-refractivity contribution in [1.82, 2.24) is 0 Å². The highest BCUT2D eigenvalue weighted by Gasteiger charge is 2.14. The number of hydrogen-bond donors (Lipinski definition) is 2. The van der Waals surface area contributed by atoms with Gasteiger partial charge in [0.05, 0.1) is 4.92 Å². The molecule has 0 fully saturated rings. The summed E-state index contributed by atoms with van der Waals surface area (Å²) in [5.41, 5.74) is 1.39. The highest BCUT2D eigenvalue weighted by Crippen LogP contribution is 2.23. The van der Waals surface area contributed by atoms with Gasteiger partial charge in [0.2, 0.25) is 0 Å². The van der Waals surface area contributed by atoms with Gasteiger partial charge in [0.25, 0.3) is 5.69 Å². The van der Waals surface area contributed by atoms with Crippen LogP contribution in [0.4, 0.5) is 11.4 Å². The largest absolute Gasteiger partial charge is 0.478 e. The second-order valence-electron chi connectivity index (χ2n) is 5.62. The molecule has 0 aliphatic carbocycles. The fourth-order valence-corrected chi connectivity index (χ4v) is 2.19. The van der Waals surface area contributed by atoms with E-state index < -0.39 is 16.9 Å². The molecule has 0 bridgehead atoms. The van der Waals surface area contributed by atoms with Crippen molar-refractivity contribution in [1.29, 1.82) is 0 Å². The molecule has 0 unspecified atom stereocenters. The lowest BCUT2D eigenvalue weighted by Crippen LogP contribution is -2.09. The third-order valence-electron chi connectivity index (χ3n) is 3.35. The number of hydrogen-bond acceptors (Lipinski definition) is 7. The minimum atomic E-state index is -1.20. The standard InChI is InChI=1S/C17H16N2O6.C2H6O/c1-11(20)25-16-7-4-13(10-15(16)17(21)22)18-9-8-12-2-5-14(6-3-12)19(23)24;1-3-2/h2-7,10,18H,8-9H2,1H3,(H,21,22);1-2H3. The molecule has 0 aromatic heterocycles. The molecule has 0 saturated heterocycles. The number of carboxylic acid groups (broad SMARTS) is 1. The summed E-state index contributed by atoms with van der Waals surface area (Å²) in [6, 6.07) is 10.6. The van der Waals surface area contributed by atoms with Crippen molar-refractivity contribution < 1.29 is 29.1 Å². The molecule has 0 heterocycles.